The molecule has 1 aliphatic rings. The Morgan fingerprint density at radius 1 is 1.22 bits per heavy atom. The number of hydrogen-bond acceptors (Lipinski definition) is 4. The summed E-state index contributed by atoms with van der Waals surface area (Å²) in [5, 5.41) is 2.63. The number of sulfone groups is 1. The third kappa shape index (κ3) is 4.87. The van der Waals surface area contributed by atoms with Crippen molar-refractivity contribution < 1.29 is 22.0 Å². The molecule has 0 unspecified atom stereocenters. The van der Waals surface area contributed by atoms with Crippen LogP contribution >= 0.6 is 11.8 Å². The minimum Gasteiger partial charge on any atom is -0.345 e. The number of carbonyl (C=O) groups excluding carboxylic acids is 1. The summed E-state index contributed by atoms with van der Waals surface area (Å²) in [6, 6.07) is 9.50. The lowest BCUT2D eigenvalue weighted by atomic mass is 10.1. The lowest BCUT2D eigenvalue weighted by Crippen LogP contribution is -2.27. The molecule has 1 amide bonds. The summed E-state index contributed by atoms with van der Waals surface area (Å²) in [6.07, 6.45) is 0.556. The van der Waals surface area contributed by atoms with Crippen LogP contribution in [0.25, 0.3) is 0 Å². The first-order valence-corrected chi connectivity index (χ1v) is 11.2. The third-order valence-electron chi connectivity index (χ3n) is 4.39. The molecule has 1 fully saturated rings. The number of nitrogens with one attached hydrogen (secondary N) is 1. The Kier molecular flexibility index (Phi) is 5.86. The maximum Gasteiger partial charge on any atom is 0.252 e. The molecule has 1 saturated heterocycles. The Hall–Kier alpha value is -1.93. The molecule has 0 aliphatic carbocycles. The summed E-state index contributed by atoms with van der Waals surface area (Å²) < 4.78 is 50.3. The quantitative estimate of drug-likeness (QED) is 0.814. The first-order valence-electron chi connectivity index (χ1n) is 8.47. The number of benzene rings is 2. The second kappa shape index (κ2) is 7.98. The zero-order chi connectivity index (χ0) is 19.6. The van der Waals surface area contributed by atoms with Gasteiger partial charge >= 0.3 is 0 Å². The van der Waals surface area contributed by atoms with Crippen molar-refractivity contribution in [2.24, 2.45) is 0 Å². The van der Waals surface area contributed by atoms with Gasteiger partial charge in [0.2, 0.25) is 0 Å². The highest BCUT2D eigenvalue weighted by atomic mass is 32.2. The molecule has 0 spiro atoms. The van der Waals surface area contributed by atoms with Crippen molar-refractivity contribution in [1.29, 1.82) is 0 Å². The van der Waals surface area contributed by atoms with Gasteiger partial charge in [0.05, 0.1) is 23.1 Å². The molecule has 8 heteroatoms. The standard InChI is InChI=1S/C19H19F2NO3S2/c1-12(15-7-6-13(20)10-17(15)21)22-19(23)16-4-2-3-5-18(16)26-14-8-9-27(24,25)11-14/h2-7,10,12,14H,8-9,11H2,1H3,(H,22,23)/t12-,14-/m0/s1. The van der Waals surface area contributed by atoms with Gasteiger partial charge in [-0.05, 0) is 31.5 Å². The Bertz CT molecular complexity index is 963. The minimum atomic E-state index is -3.01. The van der Waals surface area contributed by atoms with Crippen LogP contribution in [0.3, 0.4) is 0 Å². The van der Waals surface area contributed by atoms with E-state index in [1.165, 1.54) is 17.8 Å². The summed E-state index contributed by atoms with van der Waals surface area (Å²) in [4.78, 5) is 13.4. The lowest BCUT2D eigenvalue weighted by Gasteiger charge is -2.17. The molecule has 3 rings (SSSR count). The van der Waals surface area contributed by atoms with Crippen LogP contribution in [0.4, 0.5) is 8.78 Å². The highest BCUT2D eigenvalue weighted by molar-refractivity contribution is 8.02. The summed E-state index contributed by atoms with van der Waals surface area (Å²) in [5.74, 6) is -1.52. The zero-order valence-corrected chi connectivity index (χ0v) is 16.2. The molecule has 1 heterocycles. The second-order valence-corrected chi connectivity index (χ2v) is 10.1. The molecule has 0 bridgehead atoms. The maximum atomic E-state index is 13.9. The van der Waals surface area contributed by atoms with Crippen molar-refractivity contribution in [2.45, 2.75) is 29.5 Å². The van der Waals surface area contributed by atoms with Gasteiger partial charge in [-0.15, -0.1) is 11.8 Å². The van der Waals surface area contributed by atoms with Gasteiger partial charge in [-0.25, -0.2) is 17.2 Å². The van der Waals surface area contributed by atoms with E-state index in [1.54, 1.807) is 31.2 Å². The van der Waals surface area contributed by atoms with Crippen molar-refractivity contribution >= 4 is 27.5 Å². The van der Waals surface area contributed by atoms with Crippen molar-refractivity contribution in [1.82, 2.24) is 5.32 Å². The van der Waals surface area contributed by atoms with Crippen LogP contribution in [-0.2, 0) is 9.84 Å². The minimum absolute atomic E-state index is 0.0871. The molecule has 144 valence electrons. The number of rotatable bonds is 5. The number of halogens is 2. The maximum absolute atomic E-state index is 13.9. The van der Waals surface area contributed by atoms with Gasteiger partial charge in [0, 0.05) is 21.8 Å². The van der Waals surface area contributed by atoms with Crippen molar-refractivity contribution in [3.8, 4) is 0 Å². The van der Waals surface area contributed by atoms with Gasteiger partial charge < -0.3 is 5.32 Å². The normalized spacial score (nSPS) is 19.6. The third-order valence-corrected chi connectivity index (χ3v) is 7.72. The Balaban J connectivity index is 1.75. The molecule has 2 aromatic carbocycles. The van der Waals surface area contributed by atoms with Gasteiger partial charge in [-0.1, -0.05) is 18.2 Å². The molecule has 1 aliphatic heterocycles. The van der Waals surface area contributed by atoms with Gasteiger partial charge in [-0.2, -0.15) is 0 Å². The van der Waals surface area contributed by atoms with Crippen molar-refractivity contribution in [3.63, 3.8) is 0 Å². The van der Waals surface area contributed by atoms with E-state index in [9.17, 15) is 22.0 Å². The highest BCUT2D eigenvalue weighted by Crippen LogP contribution is 2.33. The second-order valence-electron chi connectivity index (χ2n) is 6.50. The fourth-order valence-corrected chi connectivity index (χ4v) is 6.62. The van der Waals surface area contributed by atoms with Gasteiger partial charge in [0.15, 0.2) is 9.84 Å². The van der Waals surface area contributed by atoms with E-state index in [-0.39, 0.29) is 22.3 Å². The molecule has 0 saturated carbocycles. The van der Waals surface area contributed by atoms with Crippen LogP contribution in [0, 0.1) is 11.6 Å². The van der Waals surface area contributed by atoms with Crippen LogP contribution in [-0.4, -0.2) is 31.1 Å². The summed E-state index contributed by atoms with van der Waals surface area (Å²) in [5.41, 5.74) is 0.595. The smallest absolute Gasteiger partial charge is 0.252 e. The topological polar surface area (TPSA) is 63.2 Å². The largest absolute Gasteiger partial charge is 0.345 e. The first-order chi connectivity index (χ1) is 12.7. The molecule has 0 aromatic heterocycles. The molecular weight excluding hydrogens is 392 g/mol. The fourth-order valence-electron chi connectivity index (χ4n) is 3.00. The van der Waals surface area contributed by atoms with E-state index >= 15 is 0 Å². The van der Waals surface area contributed by atoms with E-state index in [4.69, 9.17) is 0 Å². The molecular formula is C19H19F2NO3S2. The average Bonchev–Trinajstić information content (AvgIpc) is 2.93. The number of hydrogen-bond donors (Lipinski definition) is 1. The number of thioether (sulfide) groups is 1. The van der Waals surface area contributed by atoms with Gasteiger partial charge in [0.25, 0.3) is 5.91 Å². The zero-order valence-electron chi connectivity index (χ0n) is 14.6. The van der Waals surface area contributed by atoms with Gasteiger partial charge in [0.1, 0.15) is 11.6 Å². The summed E-state index contributed by atoms with van der Waals surface area (Å²) in [7, 11) is -3.01. The Morgan fingerprint density at radius 2 is 1.96 bits per heavy atom. The molecule has 2 aromatic rings. The van der Waals surface area contributed by atoms with Crippen LogP contribution in [0.2, 0.25) is 0 Å². The van der Waals surface area contributed by atoms with Gasteiger partial charge in [-0.3, -0.25) is 4.79 Å². The molecule has 0 radical (unpaired) electrons. The van der Waals surface area contributed by atoms with E-state index in [0.29, 0.717) is 16.9 Å². The van der Waals surface area contributed by atoms with E-state index < -0.39 is 33.4 Å². The van der Waals surface area contributed by atoms with Crippen LogP contribution in [0.15, 0.2) is 47.4 Å². The fraction of sp³-hybridized carbons (Fsp3) is 0.316. The summed E-state index contributed by atoms with van der Waals surface area (Å²) in [6.45, 7) is 1.62. The average molecular weight is 411 g/mol. The molecule has 27 heavy (non-hydrogen) atoms. The summed E-state index contributed by atoms with van der Waals surface area (Å²) >= 11 is 1.37. The van der Waals surface area contributed by atoms with E-state index in [0.717, 1.165) is 12.1 Å². The van der Waals surface area contributed by atoms with E-state index in [2.05, 4.69) is 5.32 Å². The SMILES string of the molecule is C[C@H](NC(=O)c1ccccc1S[C@H]1CCS(=O)(=O)C1)c1ccc(F)cc1F. The van der Waals surface area contributed by atoms with Crippen molar-refractivity contribution in [3.05, 3.63) is 65.2 Å². The first kappa shape index (κ1) is 19.8. The van der Waals surface area contributed by atoms with Crippen LogP contribution in [0.5, 0.6) is 0 Å². The predicted octanol–water partition coefficient (Wildman–Crippen LogP) is 3.74. The Morgan fingerprint density at radius 3 is 2.63 bits per heavy atom. The number of amides is 1. The molecule has 1 N–H and O–H groups in total. The predicted molar refractivity (Wildman–Crippen MR) is 102 cm³/mol. The Labute approximate surface area is 161 Å². The lowest BCUT2D eigenvalue weighted by molar-refractivity contribution is 0.0936. The molecule has 2 atom stereocenters. The van der Waals surface area contributed by atoms with Crippen LogP contribution < -0.4 is 5.32 Å². The monoisotopic (exact) mass is 411 g/mol. The van der Waals surface area contributed by atoms with Crippen molar-refractivity contribution in [2.75, 3.05) is 11.5 Å². The van der Waals surface area contributed by atoms with Crippen LogP contribution in [0.1, 0.15) is 35.3 Å². The van der Waals surface area contributed by atoms with E-state index in [1.807, 2.05) is 0 Å². The number of carbonyl (C=O) groups is 1. The highest BCUT2D eigenvalue weighted by Gasteiger charge is 2.29. The molecule has 4 nitrogen and oxygen atoms in total.